The van der Waals surface area contributed by atoms with Crippen molar-refractivity contribution < 1.29 is 0 Å². The zero-order chi connectivity index (χ0) is 13.6. The largest absolute Gasteiger partial charge is 0.232 e. The zero-order valence-electron chi connectivity index (χ0n) is 11.1. The molecular formula is C15H14ClN3. The van der Waals surface area contributed by atoms with Gasteiger partial charge in [0.1, 0.15) is 0 Å². The van der Waals surface area contributed by atoms with Crippen LogP contribution in [0.5, 0.6) is 0 Å². The van der Waals surface area contributed by atoms with Gasteiger partial charge < -0.3 is 0 Å². The van der Waals surface area contributed by atoms with Crippen LogP contribution in [0.4, 0.5) is 0 Å². The van der Waals surface area contributed by atoms with Crippen molar-refractivity contribution in [3.05, 3.63) is 52.4 Å². The predicted molar refractivity (Wildman–Crippen MR) is 77.6 cm³/mol. The molecule has 2 aromatic heterocycles. The molecule has 0 unspecified atom stereocenters. The Morgan fingerprint density at radius 3 is 2.37 bits per heavy atom. The van der Waals surface area contributed by atoms with Crippen molar-refractivity contribution in [2.24, 2.45) is 0 Å². The number of rotatable bonds is 1. The summed E-state index contributed by atoms with van der Waals surface area (Å²) < 4.78 is 1.83. The van der Waals surface area contributed by atoms with Crippen molar-refractivity contribution in [2.45, 2.75) is 20.8 Å². The SMILES string of the molecule is Cc1nc2c(-c3ccccc3)c(C)nn2c(C)c1Cl. The summed E-state index contributed by atoms with van der Waals surface area (Å²) >= 11 is 6.24. The number of nitrogens with zero attached hydrogens (tertiary/aromatic N) is 3. The quantitative estimate of drug-likeness (QED) is 0.670. The van der Waals surface area contributed by atoms with Crippen molar-refractivity contribution in [1.29, 1.82) is 0 Å². The van der Waals surface area contributed by atoms with E-state index in [0.29, 0.717) is 5.02 Å². The van der Waals surface area contributed by atoms with Gasteiger partial charge in [-0.3, -0.25) is 0 Å². The van der Waals surface area contributed by atoms with E-state index in [-0.39, 0.29) is 0 Å². The van der Waals surface area contributed by atoms with E-state index in [1.165, 1.54) is 0 Å². The Hall–Kier alpha value is -1.87. The van der Waals surface area contributed by atoms with Gasteiger partial charge in [-0.2, -0.15) is 5.10 Å². The molecule has 0 aliphatic rings. The van der Waals surface area contributed by atoms with Crippen LogP contribution < -0.4 is 0 Å². The molecule has 3 aromatic rings. The first-order chi connectivity index (χ1) is 9.09. The molecule has 0 radical (unpaired) electrons. The second-order valence-corrected chi connectivity index (χ2v) is 5.04. The maximum absolute atomic E-state index is 6.24. The molecule has 19 heavy (non-hydrogen) atoms. The van der Waals surface area contributed by atoms with Gasteiger partial charge in [-0.25, -0.2) is 9.50 Å². The molecule has 96 valence electrons. The molecule has 0 saturated heterocycles. The van der Waals surface area contributed by atoms with Crippen molar-refractivity contribution in [3.8, 4) is 11.1 Å². The Kier molecular flexibility index (Phi) is 2.79. The fraction of sp³-hybridized carbons (Fsp3) is 0.200. The Morgan fingerprint density at radius 2 is 1.68 bits per heavy atom. The lowest BCUT2D eigenvalue weighted by molar-refractivity contribution is 0.870. The van der Waals surface area contributed by atoms with Gasteiger partial charge in [0.15, 0.2) is 5.65 Å². The zero-order valence-corrected chi connectivity index (χ0v) is 11.9. The first-order valence-corrected chi connectivity index (χ1v) is 6.55. The van der Waals surface area contributed by atoms with Gasteiger partial charge in [-0.05, 0) is 26.3 Å². The average Bonchev–Trinajstić information content (AvgIpc) is 2.74. The van der Waals surface area contributed by atoms with Crippen molar-refractivity contribution >= 4 is 17.2 Å². The molecular weight excluding hydrogens is 258 g/mol. The summed E-state index contributed by atoms with van der Waals surface area (Å²) in [5.41, 5.74) is 5.79. The fourth-order valence-corrected chi connectivity index (χ4v) is 2.48. The highest BCUT2D eigenvalue weighted by atomic mass is 35.5. The average molecular weight is 272 g/mol. The topological polar surface area (TPSA) is 30.2 Å². The van der Waals surface area contributed by atoms with E-state index >= 15 is 0 Å². The smallest absolute Gasteiger partial charge is 0.163 e. The molecule has 0 saturated carbocycles. The number of hydrogen-bond acceptors (Lipinski definition) is 2. The molecule has 3 nitrogen and oxygen atoms in total. The molecule has 0 aliphatic carbocycles. The van der Waals surface area contributed by atoms with Crippen LogP contribution in [0.15, 0.2) is 30.3 Å². The first-order valence-electron chi connectivity index (χ1n) is 6.17. The molecule has 2 heterocycles. The molecule has 0 aliphatic heterocycles. The molecule has 0 atom stereocenters. The molecule has 1 aromatic carbocycles. The van der Waals surface area contributed by atoms with E-state index in [9.17, 15) is 0 Å². The van der Waals surface area contributed by atoms with E-state index in [0.717, 1.165) is 33.9 Å². The summed E-state index contributed by atoms with van der Waals surface area (Å²) in [4.78, 5) is 4.60. The fourth-order valence-electron chi connectivity index (χ4n) is 2.36. The molecule has 0 fully saturated rings. The lowest BCUT2D eigenvalue weighted by Crippen LogP contribution is -1.99. The standard InChI is InChI=1S/C15H14ClN3/c1-9-13(12-7-5-4-6-8-12)15-17-10(2)14(16)11(3)19(15)18-9/h4-8H,1-3H3. The van der Waals surface area contributed by atoms with Gasteiger partial charge in [0, 0.05) is 5.56 Å². The molecule has 0 amide bonds. The summed E-state index contributed by atoms with van der Waals surface area (Å²) in [6.45, 7) is 5.89. The summed E-state index contributed by atoms with van der Waals surface area (Å²) in [5, 5.41) is 5.24. The minimum atomic E-state index is 0.676. The van der Waals surface area contributed by atoms with Crippen LogP contribution in [0.1, 0.15) is 17.1 Å². The van der Waals surface area contributed by atoms with E-state index < -0.39 is 0 Å². The van der Waals surface area contributed by atoms with Crippen LogP contribution in [0.25, 0.3) is 16.8 Å². The molecule has 3 rings (SSSR count). The lowest BCUT2D eigenvalue weighted by atomic mass is 10.1. The number of hydrogen-bond donors (Lipinski definition) is 0. The lowest BCUT2D eigenvalue weighted by Gasteiger charge is -2.05. The van der Waals surface area contributed by atoms with E-state index in [4.69, 9.17) is 11.6 Å². The summed E-state index contributed by atoms with van der Waals surface area (Å²) in [6.07, 6.45) is 0. The second-order valence-electron chi connectivity index (χ2n) is 4.66. The number of benzene rings is 1. The molecule has 4 heteroatoms. The van der Waals surface area contributed by atoms with Crippen molar-refractivity contribution in [2.75, 3.05) is 0 Å². The van der Waals surface area contributed by atoms with E-state index in [2.05, 4.69) is 22.2 Å². The summed E-state index contributed by atoms with van der Waals surface area (Å²) in [6, 6.07) is 10.2. The number of aromatic nitrogens is 3. The van der Waals surface area contributed by atoms with Gasteiger partial charge in [0.05, 0.1) is 22.1 Å². The summed E-state index contributed by atoms with van der Waals surface area (Å²) in [7, 11) is 0. The highest BCUT2D eigenvalue weighted by Gasteiger charge is 2.16. The first kappa shape index (κ1) is 12.2. The van der Waals surface area contributed by atoms with Gasteiger partial charge in [0.2, 0.25) is 0 Å². The van der Waals surface area contributed by atoms with E-state index in [1.54, 1.807) is 0 Å². The molecule has 0 spiro atoms. The molecule has 0 bridgehead atoms. The minimum absolute atomic E-state index is 0.676. The van der Waals surface area contributed by atoms with Crippen LogP contribution in [0.2, 0.25) is 5.02 Å². The Balaban J connectivity index is 2.41. The van der Waals surface area contributed by atoms with Crippen LogP contribution in [0, 0.1) is 20.8 Å². The van der Waals surface area contributed by atoms with Gasteiger partial charge in [0.25, 0.3) is 0 Å². The number of halogens is 1. The van der Waals surface area contributed by atoms with Crippen LogP contribution >= 0.6 is 11.6 Å². The Morgan fingerprint density at radius 1 is 1.00 bits per heavy atom. The maximum Gasteiger partial charge on any atom is 0.163 e. The van der Waals surface area contributed by atoms with E-state index in [1.807, 2.05) is 43.5 Å². The molecule has 0 N–H and O–H groups in total. The highest BCUT2D eigenvalue weighted by Crippen LogP contribution is 2.30. The van der Waals surface area contributed by atoms with Crippen molar-refractivity contribution in [3.63, 3.8) is 0 Å². The van der Waals surface area contributed by atoms with Gasteiger partial charge in [-0.15, -0.1) is 0 Å². The number of fused-ring (bicyclic) bond motifs is 1. The monoisotopic (exact) mass is 271 g/mol. The third-order valence-electron chi connectivity index (χ3n) is 3.33. The van der Waals surface area contributed by atoms with Crippen LogP contribution in [-0.4, -0.2) is 14.6 Å². The third-order valence-corrected chi connectivity index (χ3v) is 3.87. The Labute approximate surface area is 116 Å². The third kappa shape index (κ3) is 1.81. The summed E-state index contributed by atoms with van der Waals surface area (Å²) in [5.74, 6) is 0. The number of aryl methyl sites for hydroxylation is 3. The highest BCUT2D eigenvalue weighted by molar-refractivity contribution is 6.31. The second kappa shape index (κ2) is 4.35. The Bertz CT molecular complexity index is 760. The maximum atomic E-state index is 6.24. The normalized spacial score (nSPS) is 11.2. The van der Waals surface area contributed by atoms with Gasteiger partial charge in [-0.1, -0.05) is 41.9 Å². The van der Waals surface area contributed by atoms with Gasteiger partial charge >= 0.3 is 0 Å². The predicted octanol–water partition coefficient (Wildman–Crippen LogP) is 3.97. The van der Waals surface area contributed by atoms with Crippen LogP contribution in [-0.2, 0) is 0 Å². The van der Waals surface area contributed by atoms with Crippen molar-refractivity contribution in [1.82, 2.24) is 14.6 Å². The van der Waals surface area contributed by atoms with Crippen LogP contribution in [0.3, 0.4) is 0 Å². The minimum Gasteiger partial charge on any atom is -0.232 e.